The number of thiazole rings is 1. The van der Waals surface area contributed by atoms with Crippen LogP contribution in [-0.2, 0) is 19.1 Å². The molecule has 0 saturated carbocycles. The van der Waals surface area contributed by atoms with E-state index in [1.807, 2.05) is 32.2 Å². The Morgan fingerprint density at radius 2 is 1.85 bits per heavy atom. The van der Waals surface area contributed by atoms with Gasteiger partial charge in [-0.25, -0.2) is 4.98 Å². The van der Waals surface area contributed by atoms with Crippen LogP contribution in [0.1, 0.15) is 83.5 Å². The molecule has 2 N–H and O–H groups in total. The number of hydrogen-bond donors (Lipinski definition) is 2. The SMILES string of the molecule is Cc1nc(C2OC2(C)[C@@H]2CC=CCCC[C@H](C)[C@@H](O)[C@H](C)C(=O)C(C)(C)[C@H](O)CC(=O)O2)cs1. The molecule has 3 rings (SSSR count). The molecule has 1 fully saturated rings. The highest BCUT2D eigenvalue weighted by atomic mass is 32.1. The third kappa shape index (κ3) is 5.78. The van der Waals surface area contributed by atoms with Gasteiger partial charge in [0.2, 0.25) is 0 Å². The Morgan fingerprint density at radius 1 is 1.15 bits per heavy atom. The van der Waals surface area contributed by atoms with Crippen LogP contribution >= 0.6 is 11.3 Å². The van der Waals surface area contributed by atoms with Gasteiger partial charge in [-0.15, -0.1) is 11.3 Å². The van der Waals surface area contributed by atoms with Crippen molar-refractivity contribution in [2.24, 2.45) is 17.3 Å². The lowest BCUT2D eigenvalue weighted by atomic mass is 9.73. The molecule has 2 unspecified atom stereocenters. The molecular formula is C26H39NO6S. The maximum Gasteiger partial charge on any atom is 0.308 e. The second-order valence-corrected chi connectivity index (χ2v) is 11.7. The number of nitrogens with zero attached hydrogens (tertiary/aromatic N) is 1. The van der Waals surface area contributed by atoms with Gasteiger partial charge in [-0.2, -0.15) is 0 Å². The summed E-state index contributed by atoms with van der Waals surface area (Å²) in [6.07, 6.45) is 3.91. The summed E-state index contributed by atoms with van der Waals surface area (Å²) in [6, 6.07) is 0. The minimum absolute atomic E-state index is 0.0491. The van der Waals surface area contributed by atoms with E-state index in [0.29, 0.717) is 6.42 Å². The number of esters is 1. The fourth-order valence-corrected chi connectivity index (χ4v) is 5.43. The first-order chi connectivity index (χ1) is 15.9. The maximum absolute atomic E-state index is 13.2. The van der Waals surface area contributed by atoms with E-state index >= 15 is 0 Å². The van der Waals surface area contributed by atoms with Gasteiger partial charge in [0, 0.05) is 17.7 Å². The lowest BCUT2D eigenvalue weighted by Crippen LogP contribution is -2.46. The number of cyclic esters (lactones) is 1. The monoisotopic (exact) mass is 493 g/mol. The van der Waals surface area contributed by atoms with E-state index < -0.39 is 41.2 Å². The van der Waals surface area contributed by atoms with Gasteiger partial charge >= 0.3 is 5.97 Å². The summed E-state index contributed by atoms with van der Waals surface area (Å²) >= 11 is 1.55. The summed E-state index contributed by atoms with van der Waals surface area (Å²) in [5, 5.41) is 24.5. The molecule has 0 aromatic carbocycles. The van der Waals surface area contributed by atoms with Crippen molar-refractivity contribution in [3.63, 3.8) is 0 Å². The van der Waals surface area contributed by atoms with Crippen molar-refractivity contribution in [3.8, 4) is 0 Å². The lowest BCUT2D eigenvalue weighted by Gasteiger charge is -2.34. The predicted molar refractivity (Wildman–Crippen MR) is 130 cm³/mol. The van der Waals surface area contributed by atoms with Crippen LogP contribution in [0.2, 0.25) is 0 Å². The van der Waals surface area contributed by atoms with Crippen LogP contribution in [0.5, 0.6) is 0 Å². The van der Waals surface area contributed by atoms with Gasteiger partial charge in [0.25, 0.3) is 0 Å². The van der Waals surface area contributed by atoms with Crippen LogP contribution in [0.3, 0.4) is 0 Å². The van der Waals surface area contributed by atoms with E-state index in [1.165, 1.54) is 0 Å². The fraction of sp³-hybridized carbons (Fsp3) is 0.731. The first-order valence-electron chi connectivity index (χ1n) is 12.2. The first-order valence-corrected chi connectivity index (χ1v) is 13.1. The summed E-state index contributed by atoms with van der Waals surface area (Å²) in [5.74, 6) is -1.53. The molecule has 0 amide bonds. The fourth-order valence-electron chi connectivity index (χ4n) is 4.80. The molecule has 3 heterocycles. The van der Waals surface area contributed by atoms with E-state index in [0.717, 1.165) is 30.0 Å². The molecule has 7 nitrogen and oxygen atoms in total. The van der Waals surface area contributed by atoms with Crippen LogP contribution in [0.25, 0.3) is 0 Å². The molecule has 0 aliphatic carbocycles. The second kappa shape index (κ2) is 10.6. The molecule has 0 spiro atoms. The highest BCUT2D eigenvalue weighted by Crippen LogP contribution is 2.53. The zero-order valence-electron chi connectivity index (χ0n) is 21.1. The number of epoxide rings is 1. The van der Waals surface area contributed by atoms with Crippen molar-refractivity contribution in [3.05, 3.63) is 28.2 Å². The van der Waals surface area contributed by atoms with Gasteiger partial charge in [-0.05, 0) is 39.0 Å². The summed E-state index contributed by atoms with van der Waals surface area (Å²) in [4.78, 5) is 30.6. The number of aliphatic hydroxyl groups excluding tert-OH is 2. The summed E-state index contributed by atoms with van der Waals surface area (Å²) in [7, 11) is 0. The summed E-state index contributed by atoms with van der Waals surface area (Å²) in [5.41, 5.74) is -1.06. The highest BCUT2D eigenvalue weighted by Gasteiger charge is 2.61. The maximum atomic E-state index is 13.2. The van der Waals surface area contributed by atoms with Crippen molar-refractivity contribution in [1.82, 2.24) is 4.98 Å². The predicted octanol–water partition coefficient (Wildman–Crippen LogP) is 4.30. The van der Waals surface area contributed by atoms with Crippen LogP contribution in [0.15, 0.2) is 17.5 Å². The molecule has 1 aromatic heterocycles. The summed E-state index contributed by atoms with van der Waals surface area (Å²) < 4.78 is 11.9. The molecule has 8 heteroatoms. The molecule has 0 bridgehead atoms. The topological polar surface area (TPSA) is 109 Å². The third-order valence-electron chi connectivity index (χ3n) is 7.54. The van der Waals surface area contributed by atoms with E-state index in [9.17, 15) is 19.8 Å². The van der Waals surface area contributed by atoms with E-state index in [1.54, 1.807) is 32.1 Å². The molecule has 7 atom stereocenters. The van der Waals surface area contributed by atoms with Crippen molar-refractivity contribution < 1.29 is 29.3 Å². The van der Waals surface area contributed by atoms with E-state index in [-0.39, 0.29) is 24.2 Å². The van der Waals surface area contributed by atoms with Crippen LogP contribution in [0.4, 0.5) is 0 Å². The zero-order valence-corrected chi connectivity index (χ0v) is 21.9. The number of carbonyl (C=O) groups excluding carboxylic acids is 2. The van der Waals surface area contributed by atoms with Crippen molar-refractivity contribution >= 4 is 23.1 Å². The van der Waals surface area contributed by atoms with Crippen molar-refractivity contribution in [1.29, 1.82) is 0 Å². The Balaban J connectivity index is 1.81. The van der Waals surface area contributed by atoms with Gasteiger partial charge in [0.15, 0.2) is 0 Å². The highest BCUT2D eigenvalue weighted by molar-refractivity contribution is 7.09. The van der Waals surface area contributed by atoms with E-state index in [2.05, 4.69) is 11.1 Å². The number of allylic oxidation sites excluding steroid dienone is 1. The molecule has 2 aliphatic rings. The Morgan fingerprint density at radius 3 is 2.50 bits per heavy atom. The Labute approximate surface area is 206 Å². The van der Waals surface area contributed by atoms with Crippen molar-refractivity contribution in [2.75, 3.05) is 0 Å². The number of carbonyl (C=O) groups is 2. The second-order valence-electron chi connectivity index (χ2n) is 10.7. The van der Waals surface area contributed by atoms with Gasteiger partial charge < -0.3 is 19.7 Å². The Bertz CT molecular complexity index is 911. The number of ether oxygens (including phenoxy) is 2. The molecule has 0 radical (unpaired) electrons. The van der Waals surface area contributed by atoms with Gasteiger partial charge in [0.05, 0.1) is 34.7 Å². The largest absolute Gasteiger partial charge is 0.459 e. The normalized spacial score (nSPS) is 37.9. The minimum atomic E-state index is -1.23. The quantitative estimate of drug-likeness (QED) is 0.359. The average molecular weight is 494 g/mol. The third-order valence-corrected chi connectivity index (χ3v) is 8.33. The number of hydrogen-bond acceptors (Lipinski definition) is 8. The van der Waals surface area contributed by atoms with Gasteiger partial charge in [0.1, 0.15) is 23.6 Å². The molecule has 2 aliphatic heterocycles. The Hall–Kier alpha value is -1.61. The van der Waals surface area contributed by atoms with Crippen LogP contribution < -0.4 is 0 Å². The van der Waals surface area contributed by atoms with Crippen molar-refractivity contribution in [2.45, 2.75) is 104 Å². The number of Topliss-reactive ketones (excluding diaryl/α,β-unsaturated/α-hetero) is 1. The number of aliphatic hydroxyl groups is 2. The standard InChI is InChI=1S/C26H39NO6S/c1-15-11-9-7-8-10-12-20(26(6)24(33-26)18-14-34-17(3)27-18)32-21(29)13-19(28)25(4,5)23(31)16(2)22(15)30/h8,10,14-16,19-20,22,24,28,30H,7,9,11-13H2,1-6H3/t15-,16-,19+,20-,22+,24?,26?/m0/s1. The van der Waals surface area contributed by atoms with Gasteiger partial charge in [-0.1, -0.05) is 39.8 Å². The molecule has 1 saturated heterocycles. The average Bonchev–Trinajstić information content (AvgIpc) is 3.29. The molecule has 1 aromatic rings. The Kier molecular flexibility index (Phi) is 8.38. The first kappa shape index (κ1) is 27.0. The number of rotatable bonds is 2. The molecule has 190 valence electrons. The van der Waals surface area contributed by atoms with Gasteiger partial charge in [-0.3, -0.25) is 9.59 Å². The number of aryl methyl sites for hydroxylation is 1. The molecular weight excluding hydrogens is 454 g/mol. The number of aromatic nitrogens is 1. The smallest absolute Gasteiger partial charge is 0.308 e. The van der Waals surface area contributed by atoms with Crippen LogP contribution in [0, 0.1) is 24.2 Å². The minimum Gasteiger partial charge on any atom is -0.459 e. The number of ketones is 1. The zero-order chi connectivity index (χ0) is 25.3. The van der Waals surface area contributed by atoms with E-state index in [4.69, 9.17) is 9.47 Å². The summed E-state index contributed by atoms with van der Waals surface area (Å²) in [6.45, 7) is 10.7. The lowest BCUT2D eigenvalue weighted by molar-refractivity contribution is -0.158. The molecule has 34 heavy (non-hydrogen) atoms. The van der Waals surface area contributed by atoms with Crippen LogP contribution in [-0.4, -0.2) is 50.9 Å².